The molecule has 1 aromatic carbocycles. The second-order valence-electron chi connectivity index (χ2n) is 2.52. The van der Waals surface area contributed by atoms with Crippen molar-refractivity contribution in [2.75, 3.05) is 7.11 Å². The summed E-state index contributed by atoms with van der Waals surface area (Å²) in [4.78, 5) is 0. The summed E-state index contributed by atoms with van der Waals surface area (Å²) in [5.74, 6) is 0. The lowest BCUT2D eigenvalue weighted by Crippen LogP contribution is -1.86. The van der Waals surface area contributed by atoms with E-state index in [0.717, 1.165) is 16.6 Å². The Kier molecular flexibility index (Phi) is 1.75. The molecule has 1 aromatic heterocycles. The van der Waals surface area contributed by atoms with Crippen molar-refractivity contribution >= 4 is 11.0 Å². The Labute approximate surface area is 69.1 Å². The summed E-state index contributed by atoms with van der Waals surface area (Å²) in [6, 6.07) is 5.70. The van der Waals surface area contributed by atoms with Gasteiger partial charge in [-0.15, -0.1) is 0 Å². The minimum absolute atomic E-state index is 0.586. The number of aromatic nitrogens is 2. The smallest absolute Gasteiger partial charge is 0.135 e. The van der Waals surface area contributed by atoms with Crippen molar-refractivity contribution in [3.63, 3.8) is 0 Å². The first kappa shape index (κ1) is 7.24. The number of nitrogens with zero attached hydrogens (tertiary/aromatic N) is 2. The lowest BCUT2D eigenvalue weighted by molar-refractivity contribution is 0.185. The first-order valence-corrected chi connectivity index (χ1v) is 3.60. The quantitative estimate of drug-likeness (QED) is 0.672. The number of benzene rings is 1. The largest absolute Gasteiger partial charge is 0.380 e. The molecule has 62 valence electrons. The van der Waals surface area contributed by atoms with Gasteiger partial charge in [-0.25, -0.2) is 4.63 Å². The molecule has 2 aromatic rings. The molecule has 0 N–H and O–H groups in total. The summed E-state index contributed by atoms with van der Waals surface area (Å²) < 4.78 is 9.53. The van der Waals surface area contributed by atoms with Gasteiger partial charge in [0.15, 0.2) is 0 Å². The monoisotopic (exact) mass is 164 g/mol. The predicted octanol–water partition coefficient (Wildman–Crippen LogP) is 1.37. The molecule has 4 nitrogen and oxygen atoms in total. The van der Waals surface area contributed by atoms with E-state index in [-0.39, 0.29) is 0 Å². The van der Waals surface area contributed by atoms with Crippen molar-refractivity contribution in [1.82, 2.24) is 10.3 Å². The Hall–Kier alpha value is -1.42. The fourth-order valence-electron chi connectivity index (χ4n) is 1.08. The molecule has 2 rings (SSSR count). The van der Waals surface area contributed by atoms with E-state index < -0.39 is 0 Å². The van der Waals surface area contributed by atoms with Gasteiger partial charge in [0.2, 0.25) is 0 Å². The summed E-state index contributed by atoms with van der Waals surface area (Å²) in [5, 5.41) is 7.41. The van der Waals surface area contributed by atoms with Crippen molar-refractivity contribution < 1.29 is 9.37 Å². The Morgan fingerprint density at radius 1 is 1.33 bits per heavy atom. The van der Waals surface area contributed by atoms with Crippen LogP contribution in [0.1, 0.15) is 5.56 Å². The SMILES string of the molecule is COCc1ccc2nonc2c1. The molecule has 12 heavy (non-hydrogen) atoms. The van der Waals surface area contributed by atoms with E-state index in [2.05, 4.69) is 14.9 Å². The molecular formula is C8H8N2O2. The van der Waals surface area contributed by atoms with Crippen molar-refractivity contribution in [3.8, 4) is 0 Å². The van der Waals surface area contributed by atoms with Gasteiger partial charge in [0.25, 0.3) is 0 Å². The molecule has 1 heterocycles. The summed E-state index contributed by atoms with van der Waals surface area (Å²) in [6.45, 7) is 0.586. The van der Waals surface area contributed by atoms with Crippen LogP contribution in [-0.2, 0) is 11.3 Å². The van der Waals surface area contributed by atoms with Gasteiger partial charge in [0, 0.05) is 7.11 Å². The van der Waals surface area contributed by atoms with Crippen LogP contribution in [0.3, 0.4) is 0 Å². The fourth-order valence-corrected chi connectivity index (χ4v) is 1.08. The van der Waals surface area contributed by atoms with Crippen LogP contribution >= 0.6 is 0 Å². The highest BCUT2D eigenvalue weighted by atomic mass is 16.6. The molecular weight excluding hydrogens is 156 g/mol. The number of ether oxygens (including phenoxy) is 1. The van der Waals surface area contributed by atoms with Crippen molar-refractivity contribution in [2.45, 2.75) is 6.61 Å². The highest BCUT2D eigenvalue weighted by Gasteiger charge is 2.00. The zero-order valence-corrected chi connectivity index (χ0v) is 6.65. The van der Waals surface area contributed by atoms with Crippen molar-refractivity contribution in [2.24, 2.45) is 0 Å². The zero-order valence-electron chi connectivity index (χ0n) is 6.65. The average Bonchev–Trinajstić information content (AvgIpc) is 2.51. The predicted molar refractivity (Wildman–Crippen MR) is 42.5 cm³/mol. The third-order valence-corrected chi connectivity index (χ3v) is 1.63. The Bertz CT molecular complexity index is 383. The zero-order chi connectivity index (χ0) is 8.39. The van der Waals surface area contributed by atoms with E-state index in [1.54, 1.807) is 7.11 Å². The third-order valence-electron chi connectivity index (χ3n) is 1.63. The van der Waals surface area contributed by atoms with E-state index in [4.69, 9.17) is 4.74 Å². The maximum Gasteiger partial charge on any atom is 0.135 e. The molecule has 0 fully saturated rings. The Morgan fingerprint density at radius 2 is 2.17 bits per heavy atom. The molecule has 0 aliphatic heterocycles. The Morgan fingerprint density at radius 3 is 3.00 bits per heavy atom. The van der Waals surface area contributed by atoms with E-state index >= 15 is 0 Å². The molecule has 0 unspecified atom stereocenters. The molecule has 0 amide bonds. The third kappa shape index (κ3) is 1.16. The second kappa shape index (κ2) is 2.91. The van der Waals surface area contributed by atoms with Crippen LogP contribution in [0, 0.1) is 0 Å². The highest BCUT2D eigenvalue weighted by molar-refractivity contribution is 5.73. The topological polar surface area (TPSA) is 48.2 Å². The highest BCUT2D eigenvalue weighted by Crippen LogP contribution is 2.11. The number of hydrogen-bond donors (Lipinski definition) is 0. The first-order valence-electron chi connectivity index (χ1n) is 3.60. The number of rotatable bonds is 2. The van der Waals surface area contributed by atoms with Gasteiger partial charge in [-0.1, -0.05) is 6.07 Å². The first-order chi connectivity index (χ1) is 5.90. The Balaban J connectivity index is 2.46. The van der Waals surface area contributed by atoms with E-state index in [0.29, 0.717) is 6.61 Å². The van der Waals surface area contributed by atoms with Crippen LogP contribution in [0.2, 0.25) is 0 Å². The molecule has 0 aliphatic carbocycles. The maximum atomic E-state index is 4.97. The molecule has 0 atom stereocenters. The van der Waals surface area contributed by atoms with Gasteiger partial charge < -0.3 is 4.74 Å². The summed E-state index contributed by atoms with van der Waals surface area (Å²) in [5.41, 5.74) is 2.61. The number of hydrogen-bond acceptors (Lipinski definition) is 4. The van der Waals surface area contributed by atoms with E-state index in [1.165, 1.54) is 0 Å². The molecule has 0 bridgehead atoms. The van der Waals surface area contributed by atoms with Crippen LogP contribution in [0.4, 0.5) is 0 Å². The van der Waals surface area contributed by atoms with Crippen LogP contribution in [0.5, 0.6) is 0 Å². The van der Waals surface area contributed by atoms with Crippen LogP contribution in [-0.4, -0.2) is 17.4 Å². The number of fused-ring (bicyclic) bond motifs is 1. The van der Waals surface area contributed by atoms with Crippen LogP contribution in [0.15, 0.2) is 22.8 Å². The normalized spacial score (nSPS) is 10.8. The lowest BCUT2D eigenvalue weighted by atomic mass is 10.2. The standard InChI is InChI=1S/C8H8N2O2/c1-11-5-6-2-3-7-8(4-6)10-12-9-7/h2-4H,5H2,1H3. The minimum atomic E-state index is 0.586. The van der Waals surface area contributed by atoms with Crippen molar-refractivity contribution in [1.29, 1.82) is 0 Å². The van der Waals surface area contributed by atoms with Gasteiger partial charge >= 0.3 is 0 Å². The second-order valence-corrected chi connectivity index (χ2v) is 2.52. The molecule has 0 saturated carbocycles. The molecule has 0 spiro atoms. The van der Waals surface area contributed by atoms with Gasteiger partial charge in [0.05, 0.1) is 6.61 Å². The fraction of sp³-hybridized carbons (Fsp3) is 0.250. The lowest BCUT2D eigenvalue weighted by Gasteiger charge is -1.96. The van der Waals surface area contributed by atoms with Crippen LogP contribution < -0.4 is 0 Å². The van der Waals surface area contributed by atoms with Gasteiger partial charge in [-0.2, -0.15) is 0 Å². The molecule has 0 radical (unpaired) electrons. The van der Waals surface area contributed by atoms with Gasteiger partial charge in [-0.05, 0) is 28.0 Å². The summed E-state index contributed by atoms with van der Waals surface area (Å²) in [7, 11) is 1.66. The van der Waals surface area contributed by atoms with Gasteiger partial charge in [0.1, 0.15) is 11.0 Å². The van der Waals surface area contributed by atoms with E-state index in [1.807, 2.05) is 18.2 Å². The minimum Gasteiger partial charge on any atom is -0.380 e. The molecule has 4 heteroatoms. The molecule has 0 aliphatic rings. The maximum absolute atomic E-state index is 4.97. The molecule has 0 saturated heterocycles. The number of methoxy groups -OCH3 is 1. The van der Waals surface area contributed by atoms with Gasteiger partial charge in [-0.3, -0.25) is 0 Å². The van der Waals surface area contributed by atoms with E-state index in [9.17, 15) is 0 Å². The van der Waals surface area contributed by atoms with Crippen molar-refractivity contribution in [3.05, 3.63) is 23.8 Å². The van der Waals surface area contributed by atoms with Crippen LogP contribution in [0.25, 0.3) is 11.0 Å². The summed E-state index contributed by atoms with van der Waals surface area (Å²) in [6.07, 6.45) is 0. The average molecular weight is 164 g/mol. The summed E-state index contributed by atoms with van der Waals surface area (Å²) >= 11 is 0.